The number of rotatable bonds is 4. The Bertz CT molecular complexity index is 560. The standard InChI is InChI=1S/C14H20N2O3.C4H9N/c1-3-10(12(17)18)11-15-13(19)14(2,16-11)9-7-5-4-6-8-9;1-4(2)3-5/h3,9H,4-8H2,1-2H3,(H,17,18)(H,15,16,19);1,3,5H2,2H3/b10-3-;. The summed E-state index contributed by atoms with van der Waals surface area (Å²) in [5.41, 5.74) is 5.36. The second kappa shape index (κ2) is 8.78. The van der Waals surface area contributed by atoms with Crippen LogP contribution in [-0.4, -0.2) is 34.9 Å². The number of nitrogens with one attached hydrogen (secondary N) is 1. The molecule has 1 aliphatic carbocycles. The second-order valence-electron chi connectivity index (χ2n) is 6.57. The van der Waals surface area contributed by atoms with E-state index < -0.39 is 11.5 Å². The summed E-state index contributed by atoms with van der Waals surface area (Å²) in [4.78, 5) is 27.7. The van der Waals surface area contributed by atoms with Gasteiger partial charge in [-0.15, -0.1) is 0 Å². The number of carbonyl (C=O) groups is 2. The molecule has 4 N–H and O–H groups in total. The van der Waals surface area contributed by atoms with Crippen molar-refractivity contribution in [1.29, 1.82) is 0 Å². The maximum atomic E-state index is 12.2. The van der Waals surface area contributed by atoms with Gasteiger partial charge in [-0.25, -0.2) is 4.79 Å². The lowest BCUT2D eigenvalue weighted by Gasteiger charge is -2.32. The van der Waals surface area contributed by atoms with E-state index in [1.54, 1.807) is 6.92 Å². The summed E-state index contributed by atoms with van der Waals surface area (Å²) in [6.45, 7) is 9.52. The van der Waals surface area contributed by atoms with Gasteiger partial charge in [-0.1, -0.05) is 37.5 Å². The van der Waals surface area contributed by atoms with Crippen LogP contribution in [0.1, 0.15) is 52.9 Å². The van der Waals surface area contributed by atoms with E-state index in [2.05, 4.69) is 16.9 Å². The van der Waals surface area contributed by atoms with Gasteiger partial charge in [0.2, 0.25) is 0 Å². The first-order valence-electron chi connectivity index (χ1n) is 8.42. The molecule has 1 unspecified atom stereocenters. The minimum Gasteiger partial charge on any atom is -0.478 e. The Labute approximate surface area is 143 Å². The van der Waals surface area contributed by atoms with Gasteiger partial charge in [0.15, 0.2) is 0 Å². The molecule has 0 spiro atoms. The number of nitrogens with zero attached hydrogens (tertiary/aromatic N) is 1. The van der Waals surface area contributed by atoms with Crippen LogP contribution in [0.2, 0.25) is 0 Å². The fraction of sp³-hybridized carbons (Fsp3) is 0.611. The van der Waals surface area contributed by atoms with Gasteiger partial charge < -0.3 is 16.2 Å². The molecule has 1 saturated carbocycles. The minimum atomic E-state index is -1.06. The SMILES string of the molecule is C/C=C(\C(=O)O)C1=NC(C)(C2CCCCC2)C(=O)N1.C=C(C)CN. The largest absolute Gasteiger partial charge is 0.478 e. The van der Waals surface area contributed by atoms with E-state index in [-0.39, 0.29) is 23.2 Å². The molecule has 0 aromatic rings. The Morgan fingerprint density at radius 3 is 2.42 bits per heavy atom. The minimum absolute atomic E-state index is 0.0629. The first-order valence-corrected chi connectivity index (χ1v) is 8.42. The lowest BCUT2D eigenvalue weighted by molar-refractivity contribution is -0.132. The monoisotopic (exact) mass is 335 g/mol. The van der Waals surface area contributed by atoms with Gasteiger partial charge in [0.25, 0.3) is 5.91 Å². The molecule has 0 radical (unpaired) electrons. The highest BCUT2D eigenvalue weighted by Crippen LogP contribution is 2.37. The average molecular weight is 335 g/mol. The van der Waals surface area contributed by atoms with Crippen LogP contribution in [0.4, 0.5) is 0 Å². The van der Waals surface area contributed by atoms with Gasteiger partial charge in [-0.3, -0.25) is 9.79 Å². The summed E-state index contributed by atoms with van der Waals surface area (Å²) in [5.74, 6) is -0.817. The zero-order chi connectivity index (χ0) is 18.3. The van der Waals surface area contributed by atoms with Gasteiger partial charge in [-0.2, -0.15) is 0 Å². The van der Waals surface area contributed by atoms with E-state index in [9.17, 15) is 9.59 Å². The van der Waals surface area contributed by atoms with Crippen molar-refractivity contribution in [3.05, 3.63) is 23.8 Å². The summed E-state index contributed by atoms with van der Waals surface area (Å²) in [5, 5.41) is 11.7. The number of hydrogen-bond acceptors (Lipinski definition) is 4. The van der Waals surface area contributed by atoms with E-state index in [0.29, 0.717) is 6.54 Å². The van der Waals surface area contributed by atoms with Crippen molar-refractivity contribution in [2.45, 2.75) is 58.4 Å². The second-order valence-corrected chi connectivity index (χ2v) is 6.57. The number of carboxylic acid groups (broad SMARTS) is 1. The Morgan fingerprint density at radius 1 is 1.46 bits per heavy atom. The number of hydrogen-bond donors (Lipinski definition) is 3. The third-order valence-corrected chi connectivity index (χ3v) is 4.56. The molecule has 134 valence electrons. The van der Waals surface area contributed by atoms with E-state index in [1.807, 2.05) is 13.8 Å². The molecule has 24 heavy (non-hydrogen) atoms. The van der Waals surface area contributed by atoms with Crippen molar-refractivity contribution in [3.8, 4) is 0 Å². The third kappa shape index (κ3) is 4.77. The summed E-state index contributed by atoms with van der Waals surface area (Å²) in [7, 11) is 0. The van der Waals surface area contributed by atoms with E-state index in [0.717, 1.165) is 31.3 Å². The molecular formula is C18H29N3O3. The van der Waals surface area contributed by atoms with Gasteiger partial charge in [-0.05, 0) is 39.5 Å². The highest BCUT2D eigenvalue weighted by Gasteiger charge is 2.46. The molecule has 1 aliphatic heterocycles. The smallest absolute Gasteiger partial charge is 0.339 e. The van der Waals surface area contributed by atoms with Crippen molar-refractivity contribution in [2.75, 3.05) is 6.54 Å². The van der Waals surface area contributed by atoms with E-state index in [1.165, 1.54) is 12.5 Å². The number of allylic oxidation sites excluding steroid dienone is 1. The molecule has 1 amide bonds. The topological polar surface area (TPSA) is 105 Å². The predicted octanol–water partition coefficient (Wildman–Crippen LogP) is 2.41. The van der Waals surface area contributed by atoms with Crippen LogP contribution in [0.15, 0.2) is 28.8 Å². The van der Waals surface area contributed by atoms with Crippen molar-refractivity contribution >= 4 is 17.7 Å². The summed E-state index contributed by atoms with van der Waals surface area (Å²) >= 11 is 0. The van der Waals surface area contributed by atoms with Gasteiger partial charge in [0, 0.05) is 6.54 Å². The molecule has 2 rings (SSSR count). The molecular weight excluding hydrogens is 306 g/mol. The zero-order valence-electron chi connectivity index (χ0n) is 14.9. The van der Waals surface area contributed by atoms with Crippen LogP contribution < -0.4 is 11.1 Å². The van der Waals surface area contributed by atoms with Crippen LogP contribution >= 0.6 is 0 Å². The molecule has 6 nitrogen and oxygen atoms in total. The van der Waals surface area contributed by atoms with Crippen molar-refractivity contribution in [3.63, 3.8) is 0 Å². The summed E-state index contributed by atoms with van der Waals surface area (Å²) < 4.78 is 0. The lowest BCUT2D eigenvalue weighted by Crippen LogP contribution is -2.44. The molecule has 1 fully saturated rings. The highest BCUT2D eigenvalue weighted by molar-refractivity contribution is 6.25. The molecule has 1 atom stereocenters. The Hall–Kier alpha value is -1.95. The van der Waals surface area contributed by atoms with Crippen LogP contribution in [0.3, 0.4) is 0 Å². The number of carbonyl (C=O) groups excluding carboxylic acids is 1. The number of amides is 1. The average Bonchev–Trinajstić information content (AvgIpc) is 2.85. The molecule has 1 heterocycles. The van der Waals surface area contributed by atoms with Crippen LogP contribution in [0.5, 0.6) is 0 Å². The molecule has 0 saturated heterocycles. The molecule has 6 heteroatoms. The number of nitrogens with two attached hydrogens (primary N) is 1. The Balaban J connectivity index is 0.000000505. The quantitative estimate of drug-likeness (QED) is 0.542. The summed E-state index contributed by atoms with van der Waals surface area (Å²) in [6, 6.07) is 0. The Kier molecular flexibility index (Phi) is 7.35. The normalized spacial score (nSPS) is 24.6. The van der Waals surface area contributed by atoms with Gasteiger partial charge >= 0.3 is 5.97 Å². The predicted molar refractivity (Wildman–Crippen MR) is 95.8 cm³/mol. The molecule has 0 bridgehead atoms. The first-order chi connectivity index (χ1) is 11.3. The maximum Gasteiger partial charge on any atom is 0.339 e. The molecule has 2 aliphatic rings. The fourth-order valence-electron chi connectivity index (χ4n) is 2.98. The van der Waals surface area contributed by atoms with Crippen LogP contribution in [0, 0.1) is 5.92 Å². The highest BCUT2D eigenvalue weighted by atomic mass is 16.4. The first kappa shape index (κ1) is 20.1. The number of amidine groups is 1. The van der Waals surface area contributed by atoms with Crippen molar-refractivity contribution in [1.82, 2.24) is 5.32 Å². The van der Waals surface area contributed by atoms with E-state index >= 15 is 0 Å². The Morgan fingerprint density at radius 2 is 2.00 bits per heavy atom. The van der Waals surface area contributed by atoms with Crippen molar-refractivity contribution in [2.24, 2.45) is 16.6 Å². The summed E-state index contributed by atoms with van der Waals surface area (Å²) in [6.07, 6.45) is 6.88. The van der Waals surface area contributed by atoms with Crippen LogP contribution in [0.25, 0.3) is 0 Å². The third-order valence-electron chi connectivity index (χ3n) is 4.56. The lowest BCUT2D eigenvalue weighted by atomic mass is 9.76. The van der Waals surface area contributed by atoms with Crippen molar-refractivity contribution < 1.29 is 14.7 Å². The zero-order valence-corrected chi connectivity index (χ0v) is 14.9. The molecule has 0 aromatic heterocycles. The fourth-order valence-corrected chi connectivity index (χ4v) is 2.98. The number of aliphatic imine (C=N–C) groups is 1. The molecule has 0 aromatic carbocycles. The maximum absolute atomic E-state index is 12.2. The van der Waals surface area contributed by atoms with E-state index in [4.69, 9.17) is 10.8 Å². The van der Waals surface area contributed by atoms with Gasteiger partial charge in [0.1, 0.15) is 11.4 Å². The van der Waals surface area contributed by atoms with Crippen LogP contribution in [-0.2, 0) is 9.59 Å². The van der Waals surface area contributed by atoms with Gasteiger partial charge in [0.05, 0.1) is 5.57 Å². The number of aliphatic carboxylic acids is 1. The number of carboxylic acids is 1.